The number of ether oxygens (including phenoxy) is 1. The van der Waals surface area contributed by atoms with Gasteiger partial charge in [-0.15, -0.1) is 20.4 Å². The summed E-state index contributed by atoms with van der Waals surface area (Å²) in [7, 11) is 0. The molecule has 3 heterocycles. The minimum Gasteiger partial charge on any atom is -0.463 e. The fraction of sp³-hybridized carbons (Fsp3) is 0.231. The number of fused-ring (bicyclic) bond motifs is 3. The molecule has 3 aromatic heterocycles. The molecule has 0 aromatic carbocycles. The summed E-state index contributed by atoms with van der Waals surface area (Å²) in [6, 6.07) is 3.18. The minimum absolute atomic E-state index is 0.0118. The summed E-state index contributed by atoms with van der Waals surface area (Å²) in [4.78, 5) is 24.3. The molecule has 0 saturated heterocycles. The van der Waals surface area contributed by atoms with E-state index in [0.29, 0.717) is 5.65 Å². The topological polar surface area (TPSA) is 104 Å². The van der Waals surface area contributed by atoms with Gasteiger partial charge >= 0.3 is 5.97 Å². The molecule has 0 aliphatic rings. The lowest BCUT2D eigenvalue weighted by atomic mass is 10.2. The van der Waals surface area contributed by atoms with Crippen LogP contribution in [0.4, 0.5) is 0 Å². The third kappa shape index (κ3) is 2.55. The third-order valence-corrected chi connectivity index (χ3v) is 3.28. The maximum atomic E-state index is 12.6. The van der Waals surface area contributed by atoms with E-state index in [1.807, 2.05) is 0 Å². The van der Waals surface area contributed by atoms with Crippen molar-refractivity contribution in [2.45, 2.75) is 13.8 Å². The van der Waals surface area contributed by atoms with Gasteiger partial charge in [0.15, 0.2) is 17.0 Å². The van der Waals surface area contributed by atoms with Gasteiger partial charge in [0.1, 0.15) is 0 Å². The van der Waals surface area contributed by atoms with Crippen molar-refractivity contribution in [1.82, 2.24) is 29.4 Å². The first kappa shape index (κ1) is 15.1. The maximum absolute atomic E-state index is 12.6. The Morgan fingerprint density at radius 2 is 1.87 bits per heavy atom. The number of halogens is 1. The van der Waals surface area contributed by atoms with E-state index in [2.05, 4.69) is 20.4 Å². The van der Waals surface area contributed by atoms with Gasteiger partial charge in [-0.25, -0.2) is 4.79 Å². The normalized spacial score (nSPS) is 12.0. The van der Waals surface area contributed by atoms with Crippen LogP contribution in [0.15, 0.2) is 22.5 Å². The Balaban J connectivity index is 2.24. The SMILES string of the molecule is CCOC(=O)/C(C)=C/c1nnc2ccc3nnc(Cl)n3n2c1=O. The molecule has 0 aliphatic carbocycles. The summed E-state index contributed by atoms with van der Waals surface area (Å²) < 4.78 is 7.37. The van der Waals surface area contributed by atoms with Crippen molar-refractivity contribution in [2.75, 3.05) is 6.61 Å². The molecule has 0 fully saturated rings. The van der Waals surface area contributed by atoms with Gasteiger partial charge in [-0.3, -0.25) is 4.79 Å². The highest BCUT2D eigenvalue weighted by molar-refractivity contribution is 6.28. The van der Waals surface area contributed by atoms with Crippen LogP contribution in [0.25, 0.3) is 17.4 Å². The highest BCUT2D eigenvalue weighted by atomic mass is 35.5. The molecule has 118 valence electrons. The van der Waals surface area contributed by atoms with Crippen LogP contribution in [-0.2, 0) is 9.53 Å². The lowest BCUT2D eigenvalue weighted by molar-refractivity contribution is -0.138. The zero-order chi connectivity index (χ0) is 16.6. The van der Waals surface area contributed by atoms with Crippen molar-refractivity contribution in [1.29, 1.82) is 0 Å². The second kappa shape index (κ2) is 5.76. The molecule has 0 amide bonds. The minimum atomic E-state index is -0.528. The standard InChI is InChI=1S/C13H11ClN6O3/c1-3-23-12(22)7(2)6-8-11(21)19-9(16-15-8)4-5-10-17-18-13(14)20(10)19/h4-6H,3H2,1-2H3/b7-6+. The molecule has 10 heteroatoms. The molecule has 0 spiro atoms. The Morgan fingerprint density at radius 1 is 1.22 bits per heavy atom. The van der Waals surface area contributed by atoms with Gasteiger partial charge in [0.2, 0.25) is 5.28 Å². The van der Waals surface area contributed by atoms with Crippen LogP contribution in [0.5, 0.6) is 0 Å². The fourth-order valence-corrected chi connectivity index (χ4v) is 2.21. The Morgan fingerprint density at radius 3 is 2.57 bits per heavy atom. The average molecular weight is 335 g/mol. The largest absolute Gasteiger partial charge is 0.463 e. The van der Waals surface area contributed by atoms with Crippen LogP contribution in [0, 0.1) is 0 Å². The fourth-order valence-electron chi connectivity index (χ4n) is 2.01. The smallest absolute Gasteiger partial charge is 0.333 e. The molecular formula is C13H11ClN6O3. The van der Waals surface area contributed by atoms with E-state index < -0.39 is 11.5 Å². The van der Waals surface area contributed by atoms with Crippen LogP contribution < -0.4 is 5.56 Å². The van der Waals surface area contributed by atoms with Crippen molar-refractivity contribution < 1.29 is 9.53 Å². The van der Waals surface area contributed by atoms with Gasteiger partial charge in [0, 0.05) is 5.57 Å². The van der Waals surface area contributed by atoms with Gasteiger partial charge in [0.25, 0.3) is 5.56 Å². The second-order valence-electron chi connectivity index (χ2n) is 4.58. The Bertz CT molecular complexity index is 1010. The predicted molar refractivity (Wildman–Crippen MR) is 81.1 cm³/mol. The van der Waals surface area contributed by atoms with Gasteiger partial charge in [-0.05, 0) is 43.7 Å². The van der Waals surface area contributed by atoms with Gasteiger partial charge < -0.3 is 4.74 Å². The second-order valence-corrected chi connectivity index (χ2v) is 4.92. The highest BCUT2D eigenvalue weighted by Crippen LogP contribution is 2.09. The van der Waals surface area contributed by atoms with Crippen LogP contribution in [-0.4, -0.2) is 42.0 Å². The number of hydrogen-bond donors (Lipinski definition) is 0. The average Bonchev–Trinajstić information content (AvgIpc) is 2.91. The summed E-state index contributed by atoms with van der Waals surface area (Å²) in [5.41, 5.74) is 0.362. The first-order valence-electron chi connectivity index (χ1n) is 6.67. The van der Waals surface area contributed by atoms with Crippen LogP contribution in [0.3, 0.4) is 0 Å². The summed E-state index contributed by atoms with van der Waals surface area (Å²) in [6.07, 6.45) is 1.32. The summed E-state index contributed by atoms with van der Waals surface area (Å²) >= 11 is 5.97. The molecule has 0 N–H and O–H groups in total. The van der Waals surface area contributed by atoms with Gasteiger partial charge in [-0.2, -0.15) is 9.03 Å². The molecular weight excluding hydrogens is 324 g/mol. The van der Waals surface area contributed by atoms with E-state index >= 15 is 0 Å². The van der Waals surface area contributed by atoms with E-state index in [1.54, 1.807) is 19.1 Å². The molecule has 0 unspecified atom stereocenters. The van der Waals surface area contributed by atoms with Crippen molar-refractivity contribution in [3.8, 4) is 0 Å². The summed E-state index contributed by atoms with van der Waals surface area (Å²) in [5, 5.41) is 15.4. The van der Waals surface area contributed by atoms with Crippen LogP contribution in [0.1, 0.15) is 19.5 Å². The number of aromatic nitrogens is 6. The lowest BCUT2D eigenvalue weighted by Crippen LogP contribution is -2.24. The Labute approximate surface area is 134 Å². The molecule has 0 bridgehead atoms. The molecule has 3 rings (SSSR count). The molecule has 0 atom stereocenters. The molecule has 0 radical (unpaired) electrons. The van der Waals surface area contributed by atoms with Gasteiger partial charge in [-0.1, -0.05) is 0 Å². The number of carbonyl (C=O) groups is 1. The number of nitrogens with zero attached hydrogens (tertiary/aromatic N) is 6. The van der Waals surface area contributed by atoms with Crippen LogP contribution in [0.2, 0.25) is 5.28 Å². The third-order valence-electron chi connectivity index (χ3n) is 3.05. The molecule has 0 aliphatic heterocycles. The zero-order valence-electron chi connectivity index (χ0n) is 12.2. The van der Waals surface area contributed by atoms with E-state index in [-0.39, 0.29) is 28.8 Å². The van der Waals surface area contributed by atoms with E-state index in [0.717, 1.165) is 0 Å². The highest BCUT2D eigenvalue weighted by Gasteiger charge is 2.13. The summed E-state index contributed by atoms with van der Waals surface area (Å²) in [5.74, 6) is -0.528. The number of rotatable bonds is 3. The summed E-state index contributed by atoms with van der Waals surface area (Å²) in [6.45, 7) is 3.46. The number of esters is 1. The Kier molecular flexibility index (Phi) is 3.78. The Hall–Kier alpha value is -2.81. The first-order chi connectivity index (χ1) is 11.0. The van der Waals surface area contributed by atoms with Gasteiger partial charge in [0.05, 0.1) is 6.61 Å². The monoisotopic (exact) mass is 334 g/mol. The molecule has 3 aromatic rings. The van der Waals surface area contributed by atoms with Crippen LogP contribution >= 0.6 is 11.6 Å². The van der Waals surface area contributed by atoms with Crippen molar-refractivity contribution in [3.63, 3.8) is 0 Å². The van der Waals surface area contributed by atoms with E-state index in [4.69, 9.17) is 16.3 Å². The van der Waals surface area contributed by atoms with E-state index in [9.17, 15) is 9.59 Å². The first-order valence-corrected chi connectivity index (χ1v) is 7.05. The predicted octanol–water partition coefficient (Wildman–Crippen LogP) is 0.752. The molecule has 23 heavy (non-hydrogen) atoms. The zero-order valence-corrected chi connectivity index (χ0v) is 13.0. The molecule has 0 saturated carbocycles. The van der Waals surface area contributed by atoms with Crippen molar-refractivity contribution >= 4 is 34.9 Å². The quantitative estimate of drug-likeness (QED) is 0.514. The van der Waals surface area contributed by atoms with Crippen molar-refractivity contribution in [2.24, 2.45) is 0 Å². The van der Waals surface area contributed by atoms with Crippen molar-refractivity contribution in [3.05, 3.63) is 39.0 Å². The lowest BCUT2D eigenvalue weighted by Gasteiger charge is -2.04. The number of carbonyl (C=O) groups excluding carboxylic acids is 1. The number of hydrogen-bond acceptors (Lipinski definition) is 7. The maximum Gasteiger partial charge on any atom is 0.333 e. The molecule has 9 nitrogen and oxygen atoms in total. The van der Waals surface area contributed by atoms with E-state index in [1.165, 1.54) is 22.0 Å².